The van der Waals surface area contributed by atoms with Gasteiger partial charge in [0.1, 0.15) is 10.6 Å². The molecule has 0 unspecified atom stereocenters. The van der Waals surface area contributed by atoms with Crippen LogP contribution in [0.1, 0.15) is 52.9 Å². The number of nitrogens with one attached hydrogen (secondary N) is 1. The number of carbonyl (C=O) groups is 2. The number of aromatic nitrogens is 1. The molecule has 0 saturated heterocycles. The zero-order valence-corrected chi connectivity index (χ0v) is 22.2. The summed E-state index contributed by atoms with van der Waals surface area (Å²) in [5, 5.41) is 12.7. The average Bonchev–Trinajstić information content (AvgIpc) is 3.21. The number of amides is 2. The van der Waals surface area contributed by atoms with Gasteiger partial charge in [-0.2, -0.15) is 0 Å². The monoisotopic (exact) mass is 525 g/mol. The minimum absolute atomic E-state index is 0.175. The Morgan fingerprint density at radius 3 is 2.65 bits per heavy atom. The largest absolute Gasteiger partial charge is 0.480 e. The number of rotatable bonds is 10. The standard InChI is InChI=1S/C24H32FN3O3S3/c1-16-9-11-17(12-10-16)28(13-6-14-32-19-8-5-4-7-18(19)25)23(31)27-22-26-15-20(33-22)34-24(2,3)21(29)30/h4-5,7-8,15-17H,6,9-14H2,1-3H3,(H,29,30)(H,26,27,31). The third kappa shape index (κ3) is 7.61. The number of hydrogen-bond donors (Lipinski definition) is 2. The molecule has 0 atom stereocenters. The van der Waals surface area contributed by atoms with Gasteiger partial charge in [-0.25, -0.2) is 14.2 Å². The van der Waals surface area contributed by atoms with Gasteiger partial charge >= 0.3 is 12.0 Å². The van der Waals surface area contributed by atoms with Crippen LogP contribution < -0.4 is 5.32 Å². The average molecular weight is 526 g/mol. The fourth-order valence-electron chi connectivity index (χ4n) is 3.81. The molecule has 1 aromatic carbocycles. The number of aliphatic carboxylic acids is 1. The van der Waals surface area contributed by atoms with Crippen LogP contribution in [0.5, 0.6) is 0 Å². The number of carbonyl (C=O) groups excluding carboxylic acids is 1. The molecule has 34 heavy (non-hydrogen) atoms. The van der Waals surface area contributed by atoms with Gasteiger partial charge in [0, 0.05) is 17.5 Å². The Bertz CT molecular complexity index is 977. The molecule has 1 fully saturated rings. The quantitative estimate of drug-likeness (QED) is 0.261. The smallest absolute Gasteiger partial charge is 0.323 e. The third-order valence-electron chi connectivity index (χ3n) is 5.89. The summed E-state index contributed by atoms with van der Waals surface area (Å²) in [5.74, 6) is 0.277. The van der Waals surface area contributed by atoms with Crippen molar-refractivity contribution in [2.75, 3.05) is 17.6 Å². The first kappa shape index (κ1) is 26.8. The van der Waals surface area contributed by atoms with E-state index in [0.29, 0.717) is 22.5 Å². The number of anilines is 1. The van der Waals surface area contributed by atoms with Crippen molar-refractivity contribution in [2.45, 2.75) is 72.8 Å². The van der Waals surface area contributed by atoms with E-state index in [1.807, 2.05) is 11.0 Å². The first-order chi connectivity index (χ1) is 16.2. The summed E-state index contributed by atoms with van der Waals surface area (Å²) >= 11 is 3.96. The van der Waals surface area contributed by atoms with Crippen molar-refractivity contribution < 1.29 is 19.1 Å². The zero-order valence-electron chi connectivity index (χ0n) is 19.8. The number of thioether (sulfide) groups is 2. The van der Waals surface area contributed by atoms with Crippen LogP contribution in [-0.2, 0) is 4.79 Å². The van der Waals surface area contributed by atoms with Crippen LogP contribution >= 0.6 is 34.9 Å². The molecule has 0 bridgehead atoms. The second-order valence-corrected chi connectivity index (χ2v) is 13.2. The molecule has 0 radical (unpaired) electrons. The van der Waals surface area contributed by atoms with Crippen molar-refractivity contribution in [3.63, 3.8) is 0 Å². The van der Waals surface area contributed by atoms with Gasteiger partial charge < -0.3 is 10.0 Å². The number of thiazole rings is 1. The highest BCUT2D eigenvalue weighted by atomic mass is 32.2. The first-order valence-corrected chi connectivity index (χ1v) is 14.1. The molecule has 0 aliphatic heterocycles. The predicted molar refractivity (Wildman–Crippen MR) is 139 cm³/mol. The summed E-state index contributed by atoms with van der Waals surface area (Å²) < 4.78 is 13.6. The van der Waals surface area contributed by atoms with Gasteiger partial charge in [-0.3, -0.25) is 10.1 Å². The zero-order chi connectivity index (χ0) is 24.7. The van der Waals surface area contributed by atoms with Crippen molar-refractivity contribution in [1.82, 2.24) is 9.88 Å². The predicted octanol–water partition coefficient (Wildman–Crippen LogP) is 6.83. The summed E-state index contributed by atoms with van der Waals surface area (Å²) in [6, 6.07) is 6.74. The van der Waals surface area contributed by atoms with Crippen LogP contribution in [0, 0.1) is 11.7 Å². The molecule has 1 aromatic heterocycles. The molecule has 1 aliphatic carbocycles. The Labute approximate surface area is 213 Å². The van der Waals surface area contributed by atoms with E-state index in [0.717, 1.165) is 42.1 Å². The van der Waals surface area contributed by atoms with E-state index >= 15 is 0 Å². The van der Waals surface area contributed by atoms with E-state index in [2.05, 4.69) is 17.2 Å². The SMILES string of the molecule is CC1CCC(N(CCCSc2ccccc2F)C(=O)Nc2ncc(SC(C)(C)C(=O)O)s2)CC1. The number of halogens is 1. The highest BCUT2D eigenvalue weighted by Gasteiger charge is 2.30. The normalized spacial score (nSPS) is 18.5. The lowest BCUT2D eigenvalue weighted by Crippen LogP contribution is -2.45. The third-order valence-corrected chi connectivity index (χ3v) is 9.23. The summed E-state index contributed by atoms with van der Waals surface area (Å²) in [7, 11) is 0. The number of nitrogens with zero attached hydrogens (tertiary/aromatic N) is 2. The number of urea groups is 1. The van der Waals surface area contributed by atoms with Crippen molar-refractivity contribution in [1.29, 1.82) is 0 Å². The van der Waals surface area contributed by atoms with Crippen LogP contribution in [0.15, 0.2) is 39.6 Å². The van der Waals surface area contributed by atoms with E-state index in [4.69, 9.17) is 0 Å². The summed E-state index contributed by atoms with van der Waals surface area (Å²) in [5.41, 5.74) is 0. The molecule has 0 spiro atoms. The molecule has 10 heteroatoms. The van der Waals surface area contributed by atoms with Gasteiger partial charge in [0.15, 0.2) is 5.13 Å². The molecular weight excluding hydrogens is 493 g/mol. The lowest BCUT2D eigenvalue weighted by molar-refractivity contribution is -0.138. The van der Waals surface area contributed by atoms with Crippen LogP contribution in [0.25, 0.3) is 0 Å². The minimum atomic E-state index is -0.978. The van der Waals surface area contributed by atoms with Gasteiger partial charge in [0.25, 0.3) is 0 Å². The summed E-state index contributed by atoms with van der Waals surface area (Å²) in [6.07, 6.45) is 6.50. The lowest BCUT2D eigenvalue weighted by Gasteiger charge is -2.36. The molecule has 2 amide bonds. The Kier molecular flexibility index (Phi) is 9.67. The maximum absolute atomic E-state index is 13.9. The van der Waals surface area contributed by atoms with Gasteiger partial charge in [0.05, 0.1) is 10.4 Å². The molecule has 6 nitrogen and oxygen atoms in total. The second kappa shape index (κ2) is 12.3. The fourth-order valence-corrected chi connectivity index (χ4v) is 6.94. The molecular formula is C24H32FN3O3S3. The second-order valence-electron chi connectivity index (χ2n) is 9.07. The number of benzene rings is 1. The van der Waals surface area contributed by atoms with Gasteiger partial charge in [0.2, 0.25) is 0 Å². The van der Waals surface area contributed by atoms with Crippen LogP contribution in [0.4, 0.5) is 14.3 Å². The van der Waals surface area contributed by atoms with Crippen LogP contribution in [-0.4, -0.2) is 50.1 Å². The van der Waals surface area contributed by atoms with E-state index in [1.54, 1.807) is 32.2 Å². The van der Waals surface area contributed by atoms with Crippen molar-refractivity contribution in [2.24, 2.45) is 5.92 Å². The van der Waals surface area contributed by atoms with Gasteiger partial charge in [-0.05, 0) is 69.8 Å². The van der Waals surface area contributed by atoms with E-state index < -0.39 is 10.7 Å². The van der Waals surface area contributed by atoms with Crippen LogP contribution in [0.3, 0.4) is 0 Å². The molecule has 1 heterocycles. The Balaban J connectivity index is 1.60. The first-order valence-electron chi connectivity index (χ1n) is 11.5. The highest BCUT2D eigenvalue weighted by Crippen LogP contribution is 2.37. The van der Waals surface area contributed by atoms with E-state index in [1.165, 1.54) is 40.9 Å². The van der Waals surface area contributed by atoms with E-state index in [9.17, 15) is 19.1 Å². The molecule has 2 N–H and O–H groups in total. The van der Waals surface area contributed by atoms with Crippen LogP contribution in [0.2, 0.25) is 0 Å². The summed E-state index contributed by atoms with van der Waals surface area (Å²) in [4.78, 5) is 31.4. The maximum Gasteiger partial charge on any atom is 0.323 e. The van der Waals surface area contributed by atoms with Crippen molar-refractivity contribution in [3.05, 3.63) is 36.3 Å². The van der Waals surface area contributed by atoms with E-state index in [-0.39, 0.29) is 17.9 Å². The fraction of sp³-hybridized carbons (Fsp3) is 0.542. The topological polar surface area (TPSA) is 82.5 Å². The van der Waals surface area contributed by atoms with Gasteiger partial charge in [-0.1, -0.05) is 42.2 Å². The maximum atomic E-state index is 13.9. The minimum Gasteiger partial charge on any atom is -0.480 e. The molecule has 1 saturated carbocycles. The number of hydrogen-bond acceptors (Lipinski definition) is 6. The number of carboxylic acid groups (broad SMARTS) is 1. The Hall–Kier alpha value is -1.78. The molecule has 3 rings (SSSR count). The lowest BCUT2D eigenvalue weighted by atomic mass is 9.86. The van der Waals surface area contributed by atoms with Gasteiger partial charge in [-0.15, -0.1) is 11.8 Å². The number of carboxylic acids is 1. The van der Waals surface area contributed by atoms with Crippen molar-refractivity contribution in [3.8, 4) is 0 Å². The molecule has 186 valence electrons. The highest BCUT2D eigenvalue weighted by molar-refractivity contribution is 8.03. The molecule has 2 aromatic rings. The summed E-state index contributed by atoms with van der Waals surface area (Å²) in [6.45, 7) is 6.12. The Morgan fingerprint density at radius 1 is 1.26 bits per heavy atom. The van der Waals surface area contributed by atoms with Crippen molar-refractivity contribution >= 4 is 52.0 Å². The molecule has 1 aliphatic rings. The Morgan fingerprint density at radius 2 is 1.97 bits per heavy atom.